The van der Waals surface area contributed by atoms with Crippen LogP contribution in [0.3, 0.4) is 0 Å². The van der Waals surface area contributed by atoms with E-state index in [2.05, 4.69) is 34.5 Å². The second-order valence-corrected chi connectivity index (χ2v) is 6.09. The maximum absolute atomic E-state index is 12.1. The van der Waals surface area contributed by atoms with Gasteiger partial charge in [-0.05, 0) is 48.7 Å². The van der Waals surface area contributed by atoms with Crippen molar-refractivity contribution in [2.75, 3.05) is 24.5 Å². The van der Waals surface area contributed by atoms with E-state index in [-0.39, 0.29) is 5.91 Å². The van der Waals surface area contributed by atoms with Crippen LogP contribution >= 0.6 is 11.6 Å². The number of carbonyl (C=O) groups excluding carboxylic acids is 1. The lowest BCUT2D eigenvalue weighted by molar-refractivity contribution is 0.0948. The fraction of sp³-hybridized carbons (Fsp3) is 0.278. The highest BCUT2D eigenvalue weighted by Gasteiger charge is 2.23. The quantitative estimate of drug-likeness (QED) is 0.935. The second-order valence-electron chi connectivity index (χ2n) is 5.65. The van der Waals surface area contributed by atoms with Crippen LogP contribution in [0.25, 0.3) is 0 Å². The Kier molecular flexibility index (Phi) is 4.64. The van der Waals surface area contributed by atoms with E-state index in [1.165, 1.54) is 5.69 Å². The number of amides is 1. The van der Waals surface area contributed by atoms with Gasteiger partial charge in [0.25, 0.3) is 5.91 Å². The van der Waals surface area contributed by atoms with Crippen molar-refractivity contribution in [2.24, 2.45) is 5.92 Å². The lowest BCUT2D eigenvalue weighted by Crippen LogP contribution is -2.31. The largest absolute Gasteiger partial charge is 0.371 e. The maximum Gasteiger partial charge on any atom is 0.251 e. The molecule has 3 rings (SSSR count). The third kappa shape index (κ3) is 3.60. The number of hydrogen-bond acceptors (Lipinski definition) is 2. The van der Waals surface area contributed by atoms with Crippen LogP contribution < -0.4 is 10.2 Å². The van der Waals surface area contributed by atoms with E-state index in [0.29, 0.717) is 23.0 Å². The molecule has 0 bridgehead atoms. The lowest BCUT2D eigenvalue weighted by atomic mass is 10.1. The van der Waals surface area contributed by atoms with Crippen molar-refractivity contribution >= 4 is 23.2 Å². The first-order valence-corrected chi connectivity index (χ1v) is 7.94. The van der Waals surface area contributed by atoms with Gasteiger partial charge in [0.05, 0.1) is 0 Å². The molecular formula is C18H19ClN2O. The minimum Gasteiger partial charge on any atom is -0.371 e. The van der Waals surface area contributed by atoms with E-state index in [4.69, 9.17) is 11.6 Å². The number of para-hydroxylation sites is 1. The van der Waals surface area contributed by atoms with Crippen LogP contribution in [0.4, 0.5) is 5.69 Å². The highest BCUT2D eigenvalue weighted by molar-refractivity contribution is 6.30. The van der Waals surface area contributed by atoms with Crippen LogP contribution in [0.2, 0.25) is 5.02 Å². The van der Waals surface area contributed by atoms with Crippen molar-refractivity contribution in [3.05, 3.63) is 65.2 Å². The Balaban J connectivity index is 1.50. The summed E-state index contributed by atoms with van der Waals surface area (Å²) in [4.78, 5) is 14.5. The molecule has 0 radical (unpaired) electrons. The van der Waals surface area contributed by atoms with Crippen LogP contribution in [0.5, 0.6) is 0 Å². The molecule has 0 aromatic heterocycles. The molecular weight excluding hydrogens is 296 g/mol. The zero-order chi connectivity index (χ0) is 15.4. The van der Waals surface area contributed by atoms with Crippen LogP contribution in [0.1, 0.15) is 16.8 Å². The van der Waals surface area contributed by atoms with Gasteiger partial charge in [-0.2, -0.15) is 0 Å². The Bertz CT molecular complexity index is 627. The Labute approximate surface area is 135 Å². The van der Waals surface area contributed by atoms with Gasteiger partial charge < -0.3 is 10.2 Å². The molecule has 1 aliphatic rings. The molecule has 1 amide bonds. The van der Waals surface area contributed by atoms with Crippen LogP contribution in [-0.2, 0) is 0 Å². The van der Waals surface area contributed by atoms with E-state index in [9.17, 15) is 4.79 Å². The van der Waals surface area contributed by atoms with E-state index in [0.717, 1.165) is 19.5 Å². The summed E-state index contributed by atoms with van der Waals surface area (Å²) in [5.74, 6) is 0.464. The molecule has 0 spiro atoms. The first kappa shape index (κ1) is 14.9. The van der Waals surface area contributed by atoms with Gasteiger partial charge >= 0.3 is 0 Å². The van der Waals surface area contributed by atoms with Gasteiger partial charge in [-0.3, -0.25) is 4.79 Å². The summed E-state index contributed by atoms with van der Waals surface area (Å²) in [5.41, 5.74) is 1.91. The topological polar surface area (TPSA) is 32.3 Å². The molecule has 1 saturated heterocycles. The molecule has 2 aromatic carbocycles. The molecule has 22 heavy (non-hydrogen) atoms. The highest BCUT2D eigenvalue weighted by Crippen LogP contribution is 2.23. The van der Waals surface area contributed by atoms with Crippen LogP contribution in [0, 0.1) is 5.92 Å². The molecule has 0 aliphatic carbocycles. The van der Waals surface area contributed by atoms with E-state index >= 15 is 0 Å². The predicted octanol–water partition coefficient (Wildman–Crippen LogP) is 3.60. The van der Waals surface area contributed by atoms with Crippen LogP contribution in [0.15, 0.2) is 54.6 Å². The maximum atomic E-state index is 12.1. The number of anilines is 1. The van der Waals surface area contributed by atoms with E-state index in [1.54, 1.807) is 24.3 Å². The van der Waals surface area contributed by atoms with E-state index in [1.807, 2.05) is 6.07 Å². The molecule has 1 fully saturated rings. The summed E-state index contributed by atoms with van der Waals surface area (Å²) in [6.45, 7) is 2.75. The number of nitrogens with one attached hydrogen (secondary N) is 1. The zero-order valence-electron chi connectivity index (χ0n) is 12.3. The third-order valence-corrected chi connectivity index (χ3v) is 4.32. The summed E-state index contributed by atoms with van der Waals surface area (Å²) in [7, 11) is 0. The van der Waals surface area contributed by atoms with Gasteiger partial charge in [0.15, 0.2) is 0 Å². The SMILES string of the molecule is O=C(NC[C@H]1CCN(c2ccccc2)C1)c1ccc(Cl)cc1. The standard InChI is InChI=1S/C18H19ClN2O/c19-16-8-6-15(7-9-16)18(22)20-12-14-10-11-21(13-14)17-4-2-1-3-5-17/h1-9,14H,10-13H2,(H,20,22)/t14-/m1/s1. The fourth-order valence-electron chi connectivity index (χ4n) is 2.81. The summed E-state index contributed by atoms with van der Waals surface area (Å²) < 4.78 is 0. The molecule has 1 aliphatic heterocycles. The van der Waals surface area contributed by atoms with Crippen molar-refractivity contribution in [3.63, 3.8) is 0 Å². The number of hydrogen-bond donors (Lipinski definition) is 1. The minimum atomic E-state index is -0.0326. The van der Waals surface area contributed by atoms with Crippen molar-refractivity contribution < 1.29 is 4.79 Å². The Morgan fingerprint density at radius 2 is 1.86 bits per heavy atom. The molecule has 1 atom stereocenters. The molecule has 1 N–H and O–H groups in total. The molecule has 0 saturated carbocycles. The first-order valence-electron chi connectivity index (χ1n) is 7.56. The average molecular weight is 315 g/mol. The zero-order valence-corrected chi connectivity index (χ0v) is 13.1. The molecule has 114 valence electrons. The number of benzene rings is 2. The molecule has 0 unspecified atom stereocenters. The summed E-state index contributed by atoms with van der Waals surface area (Å²) in [5, 5.41) is 3.67. The molecule has 1 heterocycles. The van der Waals surface area contributed by atoms with Gasteiger partial charge in [-0.1, -0.05) is 29.8 Å². The van der Waals surface area contributed by atoms with Crippen molar-refractivity contribution in [1.29, 1.82) is 0 Å². The fourth-order valence-corrected chi connectivity index (χ4v) is 2.94. The monoisotopic (exact) mass is 314 g/mol. The molecule has 2 aromatic rings. The number of rotatable bonds is 4. The number of halogens is 1. The third-order valence-electron chi connectivity index (χ3n) is 4.06. The van der Waals surface area contributed by atoms with Gasteiger partial charge in [0.1, 0.15) is 0 Å². The predicted molar refractivity (Wildman–Crippen MR) is 90.5 cm³/mol. The lowest BCUT2D eigenvalue weighted by Gasteiger charge is -2.18. The van der Waals surface area contributed by atoms with Gasteiger partial charge in [0, 0.05) is 35.9 Å². The number of carbonyl (C=O) groups is 1. The molecule has 4 heteroatoms. The van der Waals surface area contributed by atoms with Crippen LogP contribution in [-0.4, -0.2) is 25.5 Å². The number of nitrogens with zero attached hydrogens (tertiary/aromatic N) is 1. The summed E-state index contributed by atoms with van der Waals surface area (Å²) >= 11 is 5.83. The minimum absolute atomic E-state index is 0.0326. The van der Waals surface area contributed by atoms with Gasteiger partial charge in [0.2, 0.25) is 0 Å². The summed E-state index contributed by atoms with van der Waals surface area (Å²) in [6, 6.07) is 17.4. The molecule has 3 nitrogen and oxygen atoms in total. The van der Waals surface area contributed by atoms with Crippen molar-refractivity contribution in [1.82, 2.24) is 5.32 Å². The Hall–Kier alpha value is -2.00. The summed E-state index contributed by atoms with van der Waals surface area (Å²) in [6.07, 6.45) is 1.11. The van der Waals surface area contributed by atoms with Crippen molar-refractivity contribution in [3.8, 4) is 0 Å². The van der Waals surface area contributed by atoms with Gasteiger partial charge in [-0.25, -0.2) is 0 Å². The Morgan fingerprint density at radius 1 is 1.14 bits per heavy atom. The second kappa shape index (κ2) is 6.84. The van der Waals surface area contributed by atoms with Crippen molar-refractivity contribution in [2.45, 2.75) is 6.42 Å². The average Bonchev–Trinajstić information content (AvgIpc) is 3.03. The normalized spacial score (nSPS) is 17.5. The Morgan fingerprint density at radius 3 is 2.59 bits per heavy atom. The van der Waals surface area contributed by atoms with Gasteiger partial charge in [-0.15, -0.1) is 0 Å². The highest BCUT2D eigenvalue weighted by atomic mass is 35.5. The smallest absolute Gasteiger partial charge is 0.251 e. The first-order chi connectivity index (χ1) is 10.7. The van der Waals surface area contributed by atoms with E-state index < -0.39 is 0 Å².